The number of pyridine rings is 1. The topological polar surface area (TPSA) is 151 Å². The van der Waals surface area contributed by atoms with Gasteiger partial charge in [0.2, 0.25) is 18.3 Å². The molecule has 0 bridgehead atoms. The first-order valence-electron chi connectivity index (χ1n) is 20.4. The molecule has 8 rings (SSSR count). The number of carbonyl (C=O) groups is 2. The van der Waals surface area contributed by atoms with E-state index in [1.54, 1.807) is 11.1 Å². The average molecular weight is 829 g/mol. The van der Waals surface area contributed by atoms with Crippen molar-refractivity contribution in [3.63, 3.8) is 0 Å². The zero-order valence-electron chi connectivity index (χ0n) is 33.6. The van der Waals surface area contributed by atoms with Crippen molar-refractivity contribution in [3.8, 4) is 0 Å². The largest absolute Gasteiger partial charge is 0.351 e. The molecule has 0 aliphatic carbocycles. The van der Waals surface area contributed by atoms with Gasteiger partial charge in [-0.2, -0.15) is 10.1 Å². The summed E-state index contributed by atoms with van der Waals surface area (Å²) in [7, 11) is 2.12. The second kappa shape index (κ2) is 17.2. The molecule has 3 aromatic heterocycles. The minimum atomic E-state index is -2.61. The van der Waals surface area contributed by atoms with Crippen LogP contribution in [-0.4, -0.2) is 101 Å². The summed E-state index contributed by atoms with van der Waals surface area (Å²) < 4.78 is 44.8. The molecular weight excluding hydrogens is 779 g/mol. The number of anilines is 2. The molecule has 2 atom stereocenters. The molecule has 5 aromatic rings. The molecule has 312 valence electrons. The van der Waals surface area contributed by atoms with E-state index in [-0.39, 0.29) is 23.9 Å². The Balaban J connectivity index is 0.808. The molecule has 3 aliphatic rings. The van der Waals surface area contributed by atoms with Crippen LogP contribution in [0.5, 0.6) is 0 Å². The van der Waals surface area contributed by atoms with Crippen LogP contribution < -0.4 is 21.1 Å². The predicted molar refractivity (Wildman–Crippen MR) is 223 cm³/mol. The van der Waals surface area contributed by atoms with Gasteiger partial charge >= 0.3 is 6.03 Å². The maximum absolute atomic E-state index is 13.7. The number of imide groups is 1. The molecule has 6 heterocycles. The lowest BCUT2D eigenvalue weighted by Gasteiger charge is -2.34. The van der Waals surface area contributed by atoms with Crippen LogP contribution in [0.1, 0.15) is 61.6 Å². The van der Waals surface area contributed by atoms with Crippen LogP contribution in [0.2, 0.25) is 0 Å². The Morgan fingerprint density at radius 3 is 2.47 bits per heavy atom. The summed E-state index contributed by atoms with van der Waals surface area (Å²) in [5, 5.41) is 11.8. The fourth-order valence-corrected chi connectivity index (χ4v) is 10.1. The van der Waals surface area contributed by atoms with E-state index in [9.17, 15) is 27.4 Å². The van der Waals surface area contributed by atoms with Crippen molar-refractivity contribution >= 4 is 56.6 Å². The first-order chi connectivity index (χ1) is 28.4. The number of halogens is 2. The van der Waals surface area contributed by atoms with Gasteiger partial charge in [0, 0.05) is 81.7 Å². The Kier molecular flexibility index (Phi) is 11.9. The number of likely N-dealkylation sites (tertiary alicyclic amines) is 1. The Morgan fingerprint density at radius 2 is 1.73 bits per heavy atom. The summed E-state index contributed by atoms with van der Waals surface area (Å²) in [4.78, 5) is 50.6. The minimum absolute atomic E-state index is 0.0367. The third-order valence-electron chi connectivity index (χ3n) is 11.9. The van der Waals surface area contributed by atoms with Crippen LogP contribution in [0.25, 0.3) is 21.9 Å². The fourth-order valence-electron chi connectivity index (χ4n) is 8.81. The summed E-state index contributed by atoms with van der Waals surface area (Å²) >= 11 is 0. The van der Waals surface area contributed by atoms with Gasteiger partial charge in [-0.05, 0) is 98.5 Å². The van der Waals surface area contributed by atoms with E-state index in [2.05, 4.69) is 67.9 Å². The van der Waals surface area contributed by atoms with Crippen molar-refractivity contribution in [2.24, 2.45) is 20.0 Å². The van der Waals surface area contributed by atoms with Crippen molar-refractivity contribution < 1.29 is 22.6 Å². The van der Waals surface area contributed by atoms with E-state index in [4.69, 9.17) is 0 Å². The lowest BCUT2D eigenvalue weighted by atomic mass is 9.88. The maximum atomic E-state index is 13.7. The van der Waals surface area contributed by atoms with Gasteiger partial charge < -0.3 is 10.2 Å². The molecule has 3 aliphatic heterocycles. The zero-order valence-corrected chi connectivity index (χ0v) is 34.4. The number of amides is 3. The van der Waals surface area contributed by atoms with Crippen molar-refractivity contribution in [1.82, 2.24) is 38.8 Å². The van der Waals surface area contributed by atoms with Crippen molar-refractivity contribution in [2.75, 3.05) is 49.5 Å². The molecular formula is C42H50F2N10O4S. The minimum Gasteiger partial charge on any atom is -0.351 e. The number of benzene rings is 2. The van der Waals surface area contributed by atoms with Gasteiger partial charge in [0.1, 0.15) is 16.6 Å². The molecule has 17 heteroatoms. The van der Waals surface area contributed by atoms with Crippen LogP contribution in [-0.2, 0) is 42.7 Å². The molecule has 3 saturated heterocycles. The summed E-state index contributed by atoms with van der Waals surface area (Å²) in [6, 6.07) is 15.6. The maximum Gasteiger partial charge on any atom is 0.329 e. The van der Waals surface area contributed by atoms with E-state index < -0.39 is 35.4 Å². The summed E-state index contributed by atoms with van der Waals surface area (Å²) in [6.07, 6.45) is 3.05. The highest BCUT2D eigenvalue weighted by Crippen LogP contribution is 2.34. The van der Waals surface area contributed by atoms with Crippen LogP contribution >= 0.6 is 0 Å². The quantitative estimate of drug-likeness (QED) is 0.175. The molecule has 0 spiro atoms. The Labute approximate surface area is 343 Å². The van der Waals surface area contributed by atoms with Crippen LogP contribution in [0.3, 0.4) is 0 Å². The molecule has 2 N–H and O–H groups in total. The number of piperidine rings is 2. The third-order valence-corrected chi connectivity index (χ3v) is 13.4. The zero-order chi connectivity index (χ0) is 41.4. The second-order valence-electron chi connectivity index (χ2n) is 16.2. The lowest BCUT2D eigenvalue weighted by molar-refractivity contribution is -0.120. The van der Waals surface area contributed by atoms with Crippen molar-refractivity contribution in [1.29, 1.82) is 0 Å². The molecule has 2 aromatic carbocycles. The standard InChI is InChI=1S/C42H50F2N10O4S/c1-26(25-52-14-9-28(10-15-52)29-7-8-34-35(22-29)51(3)49-39(34)54-18-13-37(55)47-42(54)57)19-27-5-4-6-33(20-27)59(58)53-16-11-32(12-17-53)46-41-45-24-31-21-30(23-36(43)44)40(56)50(2)38(31)48-41/h4-8,20-22,24,26,28,32,36H,9-19,23,25H2,1-3H3,(H,45,46,48)(H,47,55,57). The van der Waals surface area contributed by atoms with Gasteiger partial charge in [0.15, 0.2) is 5.82 Å². The molecule has 0 radical (unpaired) electrons. The SMILES string of the molecule is CC(Cc1cccc(S(=O)N2CCC(Nc3ncc4cc(CC(F)F)c(=O)n(C)c4n3)CC2)c1)CN1CCC(c2ccc3c(N4CCC(=O)NC4=O)nn(C)c3c2)CC1. The number of fused-ring (bicyclic) bond motifs is 2. The number of nitrogens with zero attached hydrogens (tertiary/aromatic N) is 8. The van der Waals surface area contributed by atoms with Crippen LogP contribution in [0.4, 0.5) is 25.3 Å². The second-order valence-corrected chi connectivity index (χ2v) is 17.7. The first-order valence-corrected chi connectivity index (χ1v) is 21.5. The fraction of sp³-hybridized carbons (Fsp3) is 0.476. The smallest absolute Gasteiger partial charge is 0.329 e. The van der Waals surface area contributed by atoms with Gasteiger partial charge in [-0.3, -0.25) is 29.1 Å². The lowest BCUT2D eigenvalue weighted by Crippen LogP contribution is -2.49. The van der Waals surface area contributed by atoms with E-state index in [1.807, 2.05) is 28.2 Å². The Bertz CT molecular complexity index is 2460. The van der Waals surface area contributed by atoms with Gasteiger partial charge in [-0.25, -0.2) is 27.1 Å². The number of aromatic nitrogens is 5. The monoisotopic (exact) mass is 828 g/mol. The molecule has 14 nitrogen and oxygen atoms in total. The number of urea groups is 1. The van der Waals surface area contributed by atoms with E-state index in [0.29, 0.717) is 54.3 Å². The predicted octanol–water partition coefficient (Wildman–Crippen LogP) is 5.13. The van der Waals surface area contributed by atoms with Crippen molar-refractivity contribution in [2.45, 2.75) is 75.2 Å². The molecule has 3 amide bonds. The number of hydrogen-bond donors (Lipinski definition) is 2. The van der Waals surface area contributed by atoms with Crippen LogP contribution in [0.15, 0.2) is 64.4 Å². The first kappa shape index (κ1) is 40.6. The van der Waals surface area contributed by atoms with E-state index >= 15 is 0 Å². The van der Waals surface area contributed by atoms with Gasteiger partial charge in [0.05, 0.1) is 10.4 Å². The molecule has 2 unspecified atom stereocenters. The number of aryl methyl sites for hydroxylation is 2. The number of rotatable bonds is 12. The molecule has 3 fully saturated rings. The van der Waals surface area contributed by atoms with Gasteiger partial charge in [-0.1, -0.05) is 25.1 Å². The Hall–Kier alpha value is -5.13. The summed E-state index contributed by atoms with van der Waals surface area (Å²) in [5.41, 5.74) is 3.35. The van der Waals surface area contributed by atoms with Gasteiger partial charge in [-0.15, -0.1) is 0 Å². The average Bonchev–Trinajstić information content (AvgIpc) is 3.55. The molecule has 59 heavy (non-hydrogen) atoms. The number of hydrogen-bond acceptors (Lipinski definition) is 9. The highest BCUT2D eigenvalue weighted by Gasteiger charge is 2.30. The number of nitrogens with one attached hydrogen (secondary N) is 2. The molecule has 0 saturated carbocycles. The van der Waals surface area contributed by atoms with Gasteiger partial charge in [0.25, 0.3) is 5.56 Å². The highest BCUT2D eigenvalue weighted by molar-refractivity contribution is 7.82. The number of carbonyl (C=O) groups excluding carboxylic acids is 2. The van der Waals surface area contributed by atoms with E-state index in [0.717, 1.165) is 67.5 Å². The summed E-state index contributed by atoms with van der Waals surface area (Å²) in [6.45, 7) is 6.86. The normalized spacial score (nSPS) is 18.8. The van der Waals surface area contributed by atoms with Crippen LogP contribution in [0, 0.1) is 5.92 Å². The highest BCUT2D eigenvalue weighted by atomic mass is 32.2. The van der Waals surface area contributed by atoms with Crippen molar-refractivity contribution in [3.05, 3.63) is 81.8 Å². The Morgan fingerprint density at radius 1 is 0.949 bits per heavy atom. The third kappa shape index (κ3) is 8.92. The number of alkyl halides is 2. The van der Waals surface area contributed by atoms with E-state index in [1.165, 1.54) is 28.8 Å². The summed E-state index contributed by atoms with van der Waals surface area (Å²) in [5.74, 6) is 1.54.